The van der Waals surface area contributed by atoms with Gasteiger partial charge in [0, 0.05) is 11.0 Å². The lowest BCUT2D eigenvalue weighted by atomic mass is 9.79. The molecule has 0 N–H and O–H groups in total. The topological polar surface area (TPSA) is 26.3 Å². The molecule has 0 aromatic heterocycles. The van der Waals surface area contributed by atoms with Crippen LogP contribution in [0, 0.1) is 33.1 Å². The highest BCUT2D eigenvalue weighted by Crippen LogP contribution is 2.46. The summed E-state index contributed by atoms with van der Waals surface area (Å²) in [4.78, 5) is 12.1. The Bertz CT molecular complexity index is 533. The molecule has 2 heteroatoms. The van der Waals surface area contributed by atoms with Gasteiger partial charge in [-0.1, -0.05) is 20.8 Å². The van der Waals surface area contributed by atoms with Gasteiger partial charge in [-0.15, -0.1) is 0 Å². The molecule has 2 rings (SSSR count). The van der Waals surface area contributed by atoms with Crippen molar-refractivity contribution >= 4 is 5.97 Å². The Kier molecular flexibility index (Phi) is 2.80. The molecular formula is C16H22O2. The van der Waals surface area contributed by atoms with Gasteiger partial charge in [-0.3, -0.25) is 0 Å². The van der Waals surface area contributed by atoms with Gasteiger partial charge in [-0.2, -0.15) is 0 Å². The molecule has 1 atom stereocenters. The lowest BCUT2D eigenvalue weighted by molar-refractivity contribution is 0.00760. The van der Waals surface area contributed by atoms with Crippen molar-refractivity contribution < 1.29 is 9.53 Å². The molecule has 1 aromatic carbocycles. The highest BCUT2D eigenvalue weighted by atomic mass is 16.5. The van der Waals surface area contributed by atoms with Crippen LogP contribution in [-0.2, 0) is 4.74 Å². The van der Waals surface area contributed by atoms with Gasteiger partial charge in [0.25, 0.3) is 0 Å². The fourth-order valence-corrected chi connectivity index (χ4v) is 2.77. The molecule has 0 spiro atoms. The van der Waals surface area contributed by atoms with Crippen molar-refractivity contribution in [3.63, 3.8) is 0 Å². The first-order valence-electron chi connectivity index (χ1n) is 6.47. The number of cyclic esters (lactones) is 1. The summed E-state index contributed by atoms with van der Waals surface area (Å²) in [7, 11) is 0. The van der Waals surface area contributed by atoms with Crippen molar-refractivity contribution in [1.82, 2.24) is 0 Å². The quantitative estimate of drug-likeness (QED) is 0.642. The first-order chi connectivity index (χ1) is 8.16. The standard InChI is InChI=1S/C16H22O2/c1-8-9(2)11(4)13-12(10(8)3)14(16(5,6)7)18-15(13)17/h14H,1-7H3. The summed E-state index contributed by atoms with van der Waals surface area (Å²) in [5.41, 5.74) is 6.60. The van der Waals surface area contributed by atoms with Gasteiger partial charge in [0.1, 0.15) is 6.10 Å². The smallest absolute Gasteiger partial charge is 0.339 e. The van der Waals surface area contributed by atoms with E-state index in [1.165, 1.54) is 16.7 Å². The van der Waals surface area contributed by atoms with Crippen LogP contribution in [0.15, 0.2) is 0 Å². The Morgan fingerprint density at radius 1 is 0.889 bits per heavy atom. The first kappa shape index (κ1) is 13.1. The van der Waals surface area contributed by atoms with Crippen LogP contribution in [0.2, 0.25) is 0 Å². The summed E-state index contributed by atoms with van der Waals surface area (Å²) in [6, 6.07) is 0. The summed E-state index contributed by atoms with van der Waals surface area (Å²) >= 11 is 0. The predicted molar refractivity (Wildman–Crippen MR) is 73.0 cm³/mol. The molecule has 0 fully saturated rings. The van der Waals surface area contributed by atoms with E-state index in [4.69, 9.17) is 4.74 Å². The van der Waals surface area contributed by atoms with E-state index in [9.17, 15) is 4.79 Å². The normalized spacial score (nSPS) is 18.8. The fraction of sp³-hybridized carbons (Fsp3) is 0.562. The largest absolute Gasteiger partial charge is 0.453 e. The average molecular weight is 246 g/mol. The van der Waals surface area contributed by atoms with Gasteiger partial charge in [0.2, 0.25) is 0 Å². The SMILES string of the molecule is Cc1c(C)c(C)c2c(c1C)C(=O)OC2C(C)(C)C. The molecule has 18 heavy (non-hydrogen) atoms. The zero-order chi connectivity index (χ0) is 13.8. The molecule has 1 heterocycles. The van der Waals surface area contributed by atoms with Gasteiger partial charge in [0.15, 0.2) is 0 Å². The Labute approximate surface area is 109 Å². The van der Waals surface area contributed by atoms with Crippen molar-refractivity contribution in [2.24, 2.45) is 5.41 Å². The van der Waals surface area contributed by atoms with Crippen molar-refractivity contribution in [1.29, 1.82) is 0 Å². The van der Waals surface area contributed by atoms with Gasteiger partial charge < -0.3 is 4.74 Å². The van der Waals surface area contributed by atoms with Crippen molar-refractivity contribution in [3.8, 4) is 0 Å². The van der Waals surface area contributed by atoms with Crippen LogP contribution >= 0.6 is 0 Å². The number of hydrogen-bond donors (Lipinski definition) is 0. The number of benzene rings is 1. The average Bonchev–Trinajstić information content (AvgIpc) is 2.61. The molecule has 98 valence electrons. The Balaban J connectivity index is 2.79. The minimum absolute atomic E-state index is 0.0696. The van der Waals surface area contributed by atoms with Crippen LogP contribution in [-0.4, -0.2) is 5.97 Å². The van der Waals surface area contributed by atoms with Crippen LogP contribution in [0.5, 0.6) is 0 Å². The third-order valence-corrected chi connectivity index (χ3v) is 4.21. The minimum Gasteiger partial charge on any atom is -0.453 e. The summed E-state index contributed by atoms with van der Waals surface area (Å²) < 4.78 is 5.63. The van der Waals surface area contributed by atoms with E-state index in [2.05, 4.69) is 41.5 Å². The third-order valence-electron chi connectivity index (χ3n) is 4.21. The zero-order valence-electron chi connectivity index (χ0n) is 12.4. The summed E-state index contributed by atoms with van der Waals surface area (Å²) in [5.74, 6) is -0.159. The molecular weight excluding hydrogens is 224 g/mol. The van der Waals surface area contributed by atoms with Gasteiger partial charge in [-0.05, 0) is 49.9 Å². The maximum absolute atomic E-state index is 12.1. The first-order valence-corrected chi connectivity index (χ1v) is 6.47. The van der Waals surface area contributed by atoms with E-state index in [0.29, 0.717) is 0 Å². The van der Waals surface area contributed by atoms with E-state index >= 15 is 0 Å². The van der Waals surface area contributed by atoms with Crippen LogP contribution in [0.25, 0.3) is 0 Å². The molecule has 0 amide bonds. The van der Waals surface area contributed by atoms with Crippen molar-refractivity contribution in [3.05, 3.63) is 33.4 Å². The molecule has 0 aliphatic carbocycles. The Hall–Kier alpha value is -1.31. The number of fused-ring (bicyclic) bond motifs is 1. The predicted octanol–water partition coefficient (Wildman–Crippen LogP) is 4.18. The molecule has 0 saturated heterocycles. The molecule has 0 saturated carbocycles. The van der Waals surface area contributed by atoms with E-state index in [-0.39, 0.29) is 17.5 Å². The lowest BCUT2D eigenvalue weighted by Crippen LogP contribution is -2.19. The van der Waals surface area contributed by atoms with Crippen molar-refractivity contribution in [2.45, 2.75) is 54.6 Å². The second-order valence-electron chi connectivity index (χ2n) is 6.44. The number of rotatable bonds is 0. The van der Waals surface area contributed by atoms with Crippen molar-refractivity contribution in [2.75, 3.05) is 0 Å². The second kappa shape index (κ2) is 3.84. The van der Waals surface area contributed by atoms with Crippen LogP contribution < -0.4 is 0 Å². The number of esters is 1. The molecule has 0 radical (unpaired) electrons. The summed E-state index contributed by atoms with van der Waals surface area (Å²) in [6.07, 6.45) is -0.127. The minimum atomic E-state index is -0.159. The molecule has 1 aliphatic heterocycles. The van der Waals surface area contributed by atoms with E-state index < -0.39 is 0 Å². The van der Waals surface area contributed by atoms with E-state index in [0.717, 1.165) is 16.7 Å². The number of carbonyl (C=O) groups excluding carboxylic acids is 1. The summed E-state index contributed by atoms with van der Waals surface area (Å²) in [6.45, 7) is 14.7. The molecule has 0 bridgehead atoms. The van der Waals surface area contributed by atoms with Gasteiger partial charge in [-0.25, -0.2) is 4.79 Å². The second-order valence-corrected chi connectivity index (χ2v) is 6.44. The van der Waals surface area contributed by atoms with Gasteiger partial charge >= 0.3 is 5.97 Å². The van der Waals surface area contributed by atoms with E-state index in [1.54, 1.807) is 0 Å². The molecule has 1 aliphatic rings. The van der Waals surface area contributed by atoms with Crippen LogP contribution in [0.1, 0.15) is 65.1 Å². The number of hydrogen-bond acceptors (Lipinski definition) is 2. The monoisotopic (exact) mass is 246 g/mol. The van der Waals surface area contributed by atoms with E-state index in [1.807, 2.05) is 6.92 Å². The highest BCUT2D eigenvalue weighted by molar-refractivity contribution is 5.97. The number of ether oxygens (including phenoxy) is 1. The zero-order valence-corrected chi connectivity index (χ0v) is 12.4. The molecule has 2 nitrogen and oxygen atoms in total. The van der Waals surface area contributed by atoms with Crippen LogP contribution in [0.3, 0.4) is 0 Å². The highest BCUT2D eigenvalue weighted by Gasteiger charge is 2.41. The molecule has 1 unspecified atom stereocenters. The Morgan fingerprint density at radius 3 is 1.89 bits per heavy atom. The maximum Gasteiger partial charge on any atom is 0.339 e. The van der Waals surface area contributed by atoms with Gasteiger partial charge in [0.05, 0.1) is 5.56 Å². The van der Waals surface area contributed by atoms with Crippen LogP contribution in [0.4, 0.5) is 0 Å². The fourth-order valence-electron chi connectivity index (χ4n) is 2.77. The summed E-state index contributed by atoms with van der Waals surface area (Å²) in [5, 5.41) is 0. The maximum atomic E-state index is 12.1. The Morgan fingerprint density at radius 2 is 1.39 bits per heavy atom. The number of carbonyl (C=O) groups is 1. The lowest BCUT2D eigenvalue weighted by Gasteiger charge is -2.28. The molecule has 1 aromatic rings. The third kappa shape index (κ3) is 1.66.